The summed E-state index contributed by atoms with van der Waals surface area (Å²) in [5.74, 6) is 1.81. The molecule has 31 heavy (non-hydrogen) atoms. The first-order chi connectivity index (χ1) is 15.0. The number of hydrogen-bond donors (Lipinski definition) is 1. The summed E-state index contributed by atoms with van der Waals surface area (Å²) in [6.45, 7) is 0.713. The highest BCUT2D eigenvalue weighted by Gasteiger charge is 2.30. The van der Waals surface area contributed by atoms with Crippen molar-refractivity contribution in [3.05, 3.63) is 53.7 Å². The van der Waals surface area contributed by atoms with Crippen LogP contribution in [0, 0.1) is 5.92 Å². The van der Waals surface area contributed by atoms with Crippen LogP contribution >= 0.6 is 0 Å². The van der Waals surface area contributed by atoms with E-state index >= 15 is 0 Å². The number of hydrogen-bond acceptors (Lipinski definition) is 5. The first-order valence-electron chi connectivity index (χ1n) is 10.4. The summed E-state index contributed by atoms with van der Waals surface area (Å²) < 4.78 is 11.4. The monoisotopic (exact) mass is 417 g/mol. The van der Waals surface area contributed by atoms with E-state index in [-0.39, 0.29) is 11.5 Å². The van der Waals surface area contributed by atoms with Crippen LogP contribution in [-0.2, 0) is 11.2 Å². The van der Waals surface area contributed by atoms with Crippen molar-refractivity contribution in [1.29, 1.82) is 0 Å². The van der Waals surface area contributed by atoms with Crippen LogP contribution in [0.1, 0.15) is 35.2 Å². The molecule has 1 aromatic heterocycles. The maximum atomic E-state index is 12.6. The fraction of sp³-hybridized carbons (Fsp3) is 0.292. The quantitative estimate of drug-likeness (QED) is 0.658. The van der Waals surface area contributed by atoms with Gasteiger partial charge in [0.2, 0.25) is 5.91 Å². The molecule has 0 unspecified atom stereocenters. The van der Waals surface area contributed by atoms with E-state index in [1.807, 2.05) is 23.1 Å². The number of benzene rings is 2. The molecule has 2 N–H and O–H groups in total. The summed E-state index contributed by atoms with van der Waals surface area (Å²) in [5, 5.41) is 0.666. The van der Waals surface area contributed by atoms with Gasteiger partial charge in [0, 0.05) is 36.3 Å². The van der Waals surface area contributed by atoms with Crippen molar-refractivity contribution in [2.45, 2.75) is 25.7 Å². The number of rotatable bonds is 6. The maximum Gasteiger partial charge on any atom is 0.252 e. The number of ether oxygens (including phenoxy) is 2. The number of pyridine rings is 1. The Morgan fingerprint density at radius 3 is 2.74 bits per heavy atom. The van der Waals surface area contributed by atoms with Gasteiger partial charge in [0.15, 0.2) is 0 Å². The fourth-order valence-corrected chi connectivity index (χ4v) is 4.11. The van der Waals surface area contributed by atoms with Gasteiger partial charge in [-0.25, -0.2) is 0 Å². The Morgan fingerprint density at radius 2 is 2.00 bits per heavy atom. The highest BCUT2D eigenvalue weighted by molar-refractivity contribution is 6.01. The molecule has 7 heteroatoms. The topological polar surface area (TPSA) is 94.8 Å². The molecule has 0 radical (unpaired) electrons. The maximum absolute atomic E-state index is 12.6. The number of methoxy groups -OCH3 is 1. The molecule has 0 bridgehead atoms. The first-order valence-corrected chi connectivity index (χ1v) is 10.4. The Hall–Kier alpha value is -3.61. The van der Waals surface area contributed by atoms with Gasteiger partial charge in [-0.1, -0.05) is 0 Å². The number of carbonyl (C=O) groups excluding carboxylic acids is 2. The van der Waals surface area contributed by atoms with Crippen LogP contribution in [0.15, 0.2) is 42.6 Å². The molecule has 5 rings (SSSR count). The Bertz CT molecular complexity index is 1200. The predicted octanol–water partition coefficient (Wildman–Crippen LogP) is 3.82. The van der Waals surface area contributed by atoms with Crippen LogP contribution in [0.25, 0.3) is 10.9 Å². The molecule has 2 amide bonds. The van der Waals surface area contributed by atoms with Gasteiger partial charge in [0.25, 0.3) is 5.91 Å². The summed E-state index contributed by atoms with van der Waals surface area (Å²) in [7, 11) is 1.48. The molecule has 2 heterocycles. The van der Waals surface area contributed by atoms with E-state index in [9.17, 15) is 9.59 Å². The molecule has 0 atom stereocenters. The molecule has 7 nitrogen and oxygen atoms in total. The van der Waals surface area contributed by atoms with Crippen LogP contribution in [0.5, 0.6) is 17.2 Å². The molecule has 3 aromatic rings. The van der Waals surface area contributed by atoms with Gasteiger partial charge in [-0.15, -0.1) is 0 Å². The molecule has 1 aliphatic heterocycles. The van der Waals surface area contributed by atoms with E-state index in [0.29, 0.717) is 47.0 Å². The van der Waals surface area contributed by atoms with E-state index in [0.717, 1.165) is 17.7 Å². The lowest BCUT2D eigenvalue weighted by atomic mass is 10.1. The smallest absolute Gasteiger partial charge is 0.252 e. The van der Waals surface area contributed by atoms with Crippen LogP contribution in [-0.4, -0.2) is 30.5 Å². The number of fused-ring (bicyclic) bond motifs is 2. The van der Waals surface area contributed by atoms with Crippen LogP contribution < -0.4 is 20.1 Å². The van der Waals surface area contributed by atoms with E-state index in [4.69, 9.17) is 15.2 Å². The molecular formula is C24H23N3O4. The first kappa shape index (κ1) is 19.4. The van der Waals surface area contributed by atoms with Crippen molar-refractivity contribution < 1.29 is 19.1 Å². The fourth-order valence-electron chi connectivity index (χ4n) is 4.11. The number of carbonyl (C=O) groups is 2. The molecular weight excluding hydrogens is 394 g/mol. The van der Waals surface area contributed by atoms with Crippen molar-refractivity contribution in [3.8, 4) is 17.2 Å². The van der Waals surface area contributed by atoms with Crippen molar-refractivity contribution >= 4 is 28.4 Å². The Balaban J connectivity index is 1.44. The SMILES string of the molecule is COc1cc2nccc(Oc3ccc4c(c3)CCN4C(=O)CC3CC3)c2cc1C(N)=O. The molecule has 1 saturated carbocycles. The second-order valence-corrected chi connectivity index (χ2v) is 8.08. The van der Waals surface area contributed by atoms with Gasteiger partial charge < -0.3 is 20.1 Å². The van der Waals surface area contributed by atoms with E-state index in [1.165, 1.54) is 20.0 Å². The average Bonchev–Trinajstić information content (AvgIpc) is 3.48. The zero-order chi connectivity index (χ0) is 21.5. The molecule has 158 valence electrons. The summed E-state index contributed by atoms with van der Waals surface area (Å²) in [4.78, 5) is 30.6. The van der Waals surface area contributed by atoms with E-state index in [1.54, 1.807) is 24.4 Å². The zero-order valence-electron chi connectivity index (χ0n) is 17.3. The number of nitrogens with zero attached hydrogens (tertiary/aromatic N) is 2. The summed E-state index contributed by atoms with van der Waals surface area (Å²) in [5.41, 5.74) is 8.48. The van der Waals surface area contributed by atoms with Gasteiger partial charge in [-0.2, -0.15) is 0 Å². The van der Waals surface area contributed by atoms with Crippen molar-refractivity contribution in [2.24, 2.45) is 11.7 Å². The van der Waals surface area contributed by atoms with E-state index < -0.39 is 5.91 Å². The second-order valence-electron chi connectivity index (χ2n) is 8.08. The van der Waals surface area contributed by atoms with Crippen LogP contribution in [0.2, 0.25) is 0 Å². The second kappa shape index (κ2) is 7.58. The largest absolute Gasteiger partial charge is 0.496 e. The van der Waals surface area contributed by atoms with Gasteiger partial charge in [-0.3, -0.25) is 14.6 Å². The Morgan fingerprint density at radius 1 is 1.16 bits per heavy atom. The third-order valence-corrected chi connectivity index (χ3v) is 5.92. The standard InChI is InChI=1S/C24H23N3O4/c1-30-22-13-19-17(12-18(22)24(25)29)21(6-8-26-19)31-16-4-5-20-15(11-16)7-9-27(20)23(28)10-14-2-3-14/h4-6,8,11-14H,2-3,7,9-10H2,1H3,(H2,25,29). The molecule has 1 aliphatic carbocycles. The normalized spacial score (nSPS) is 15.1. The lowest BCUT2D eigenvalue weighted by Crippen LogP contribution is -2.28. The van der Waals surface area contributed by atoms with Crippen molar-refractivity contribution in [2.75, 3.05) is 18.6 Å². The third-order valence-electron chi connectivity index (χ3n) is 5.92. The number of primary amides is 1. The highest BCUT2D eigenvalue weighted by Crippen LogP contribution is 2.38. The number of nitrogens with two attached hydrogens (primary N) is 1. The molecule has 0 saturated heterocycles. The van der Waals surface area contributed by atoms with Crippen molar-refractivity contribution in [1.82, 2.24) is 4.98 Å². The Kier molecular flexibility index (Phi) is 4.73. The molecule has 2 aromatic carbocycles. The predicted molar refractivity (Wildman–Crippen MR) is 117 cm³/mol. The minimum Gasteiger partial charge on any atom is -0.496 e. The van der Waals surface area contributed by atoms with E-state index in [2.05, 4.69) is 4.98 Å². The summed E-state index contributed by atoms with van der Waals surface area (Å²) in [6, 6.07) is 10.9. The molecule has 0 spiro atoms. The molecule has 1 fully saturated rings. The molecule has 2 aliphatic rings. The number of anilines is 1. The Labute approximate surface area is 179 Å². The summed E-state index contributed by atoms with van der Waals surface area (Å²) >= 11 is 0. The van der Waals surface area contributed by atoms with Gasteiger partial charge >= 0.3 is 0 Å². The van der Waals surface area contributed by atoms with Crippen LogP contribution in [0.4, 0.5) is 5.69 Å². The van der Waals surface area contributed by atoms with Crippen molar-refractivity contribution in [3.63, 3.8) is 0 Å². The summed E-state index contributed by atoms with van der Waals surface area (Å²) in [6.07, 6.45) is 5.44. The number of amides is 2. The minimum atomic E-state index is -0.581. The lowest BCUT2D eigenvalue weighted by Gasteiger charge is -2.17. The minimum absolute atomic E-state index is 0.211. The third kappa shape index (κ3) is 3.67. The van der Waals surface area contributed by atoms with Gasteiger partial charge in [0.05, 0.1) is 18.2 Å². The lowest BCUT2D eigenvalue weighted by molar-refractivity contribution is -0.118. The van der Waals surface area contributed by atoms with Crippen LogP contribution in [0.3, 0.4) is 0 Å². The average molecular weight is 417 g/mol. The van der Waals surface area contributed by atoms with Gasteiger partial charge in [0.1, 0.15) is 17.2 Å². The highest BCUT2D eigenvalue weighted by atomic mass is 16.5. The number of aromatic nitrogens is 1. The zero-order valence-corrected chi connectivity index (χ0v) is 17.3. The van der Waals surface area contributed by atoms with Gasteiger partial charge in [-0.05, 0) is 61.1 Å².